The summed E-state index contributed by atoms with van der Waals surface area (Å²) in [4.78, 5) is 32.1. The lowest BCUT2D eigenvalue weighted by atomic mass is 10.6. The fourth-order valence-corrected chi connectivity index (χ4v) is 0.871. The minimum atomic E-state index is -0.779. The largest absolute Gasteiger partial charge is 0.465 e. The van der Waals surface area contributed by atoms with Gasteiger partial charge in [0.15, 0.2) is 0 Å². The standard InChI is InChI=1S/C7H12ClN3O4/c1-2-15-6(12)5-9-7(13)11(10-14)4-3-8/h2-5H2,1H3,(H,9,13). The molecule has 0 aromatic rings. The van der Waals surface area contributed by atoms with Gasteiger partial charge in [0.1, 0.15) is 6.54 Å². The summed E-state index contributed by atoms with van der Waals surface area (Å²) < 4.78 is 4.56. The van der Waals surface area contributed by atoms with Crippen LogP contribution >= 0.6 is 11.6 Å². The molecule has 0 spiro atoms. The summed E-state index contributed by atoms with van der Waals surface area (Å²) in [5.41, 5.74) is 0. The number of nitrogens with zero attached hydrogens (tertiary/aromatic N) is 2. The third kappa shape index (κ3) is 5.84. The van der Waals surface area contributed by atoms with Crippen LogP contribution in [0.4, 0.5) is 4.79 Å². The summed E-state index contributed by atoms with van der Waals surface area (Å²) in [5, 5.41) is 5.19. The zero-order chi connectivity index (χ0) is 11.7. The molecular formula is C7H12ClN3O4. The monoisotopic (exact) mass is 237 g/mol. The number of urea groups is 1. The molecule has 0 aliphatic heterocycles. The van der Waals surface area contributed by atoms with E-state index >= 15 is 0 Å². The second-order valence-electron chi connectivity index (χ2n) is 2.36. The van der Waals surface area contributed by atoms with Crippen LogP contribution in [0, 0.1) is 4.91 Å². The molecule has 0 aromatic carbocycles. The molecule has 7 nitrogen and oxygen atoms in total. The molecule has 1 N–H and O–H groups in total. The van der Waals surface area contributed by atoms with E-state index in [-0.39, 0.29) is 25.6 Å². The molecule has 0 radical (unpaired) electrons. The third-order valence-corrected chi connectivity index (χ3v) is 1.49. The van der Waals surface area contributed by atoms with Crippen LogP contribution in [0.25, 0.3) is 0 Å². The molecule has 0 aliphatic rings. The first-order valence-corrected chi connectivity index (χ1v) is 4.79. The fraction of sp³-hybridized carbons (Fsp3) is 0.714. The predicted molar refractivity (Wildman–Crippen MR) is 53.3 cm³/mol. The highest BCUT2D eigenvalue weighted by Gasteiger charge is 2.14. The first kappa shape index (κ1) is 13.6. The summed E-state index contributed by atoms with van der Waals surface area (Å²) >= 11 is 5.32. The Morgan fingerprint density at radius 1 is 1.53 bits per heavy atom. The van der Waals surface area contributed by atoms with E-state index in [1.54, 1.807) is 6.92 Å². The van der Waals surface area contributed by atoms with Crippen LogP contribution in [0.2, 0.25) is 0 Å². The minimum Gasteiger partial charge on any atom is -0.465 e. The van der Waals surface area contributed by atoms with Crippen molar-refractivity contribution in [1.29, 1.82) is 0 Å². The number of alkyl halides is 1. The smallest absolute Gasteiger partial charge is 0.340 e. The minimum absolute atomic E-state index is 0.0142. The number of hydrogen-bond donors (Lipinski definition) is 1. The molecule has 0 aliphatic carbocycles. The molecule has 0 bridgehead atoms. The van der Waals surface area contributed by atoms with Crippen LogP contribution in [0.15, 0.2) is 5.29 Å². The number of carbonyl (C=O) groups excluding carboxylic acids is 2. The van der Waals surface area contributed by atoms with Crippen molar-refractivity contribution in [2.75, 3.05) is 25.6 Å². The first-order chi connectivity index (χ1) is 7.15. The molecule has 0 saturated heterocycles. The summed E-state index contributed by atoms with van der Waals surface area (Å²) in [7, 11) is 0. The van der Waals surface area contributed by atoms with Gasteiger partial charge >= 0.3 is 12.0 Å². The first-order valence-electron chi connectivity index (χ1n) is 4.25. The average molecular weight is 238 g/mol. The van der Waals surface area contributed by atoms with Gasteiger partial charge in [-0.25, -0.2) is 4.79 Å². The number of hydrogen-bond acceptors (Lipinski definition) is 5. The zero-order valence-corrected chi connectivity index (χ0v) is 8.99. The van der Waals surface area contributed by atoms with E-state index in [0.29, 0.717) is 5.01 Å². The lowest BCUT2D eigenvalue weighted by molar-refractivity contribution is -0.141. The fourth-order valence-electron chi connectivity index (χ4n) is 0.711. The van der Waals surface area contributed by atoms with Crippen LogP contribution in [0.1, 0.15) is 6.92 Å². The Balaban J connectivity index is 3.90. The van der Waals surface area contributed by atoms with Crippen molar-refractivity contribution in [3.63, 3.8) is 0 Å². The highest BCUT2D eigenvalue weighted by atomic mass is 35.5. The Hall–Kier alpha value is -1.37. The van der Waals surface area contributed by atoms with Gasteiger partial charge in [0.25, 0.3) is 0 Å². The number of amides is 2. The van der Waals surface area contributed by atoms with Crippen molar-refractivity contribution in [1.82, 2.24) is 10.3 Å². The van der Waals surface area contributed by atoms with E-state index in [1.165, 1.54) is 0 Å². The second kappa shape index (κ2) is 7.98. The van der Waals surface area contributed by atoms with Crippen molar-refractivity contribution >= 4 is 23.6 Å². The van der Waals surface area contributed by atoms with E-state index in [4.69, 9.17) is 11.6 Å². The van der Waals surface area contributed by atoms with E-state index < -0.39 is 12.0 Å². The van der Waals surface area contributed by atoms with Crippen LogP contribution < -0.4 is 5.32 Å². The molecule has 0 rings (SSSR count). The Morgan fingerprint density at radius 2 is 2.20 bits per heavy atom. The molecule has 0 unspecified atom stereocenters. The number of esters is 1. The Kier molecular flexibility index (Phi) is 7.25. The van der Waals surface area contributed by atoms with Gasteiger partial charge in [-0.2, -0.15) is 5.01 Å². The van der Waals surface area contributed by atoms with Crippen molar-refractivity contribution in [2.24, 2.45) is 5.29 Å². The quantitative estimate of drug-likeness (QED) is 0.315. The lowest BCUT2D eigenvalue weighted by Crippen LogP contribution is -2.40. The second-order valence-corrected chi connectivity index (χ2v) is 2.74. The highest BCUT2D eigenvalue weighted by Crippen LogP contribution is 1.91. The summed E-state index contributed by atoms with van der Waals surface area (Å²) in [6, 6.07) is -0.779. The lowest BCUT2D eigenvalue weighted by Gasteiger charge is -2.12. The predicted octanol–water partition coefficient (Wildman–Crippen LogP) is 0.481. The maximum absolute atomic E-state index is 11.1. The molecule has 0 heterocycles. The molecular weight excluding hydrogens is 226 g/mol. The van der Waals surface area contributed by atoms with Gasteiger partial charge < -0.3 is 10.1 Å². The third-order valence-electron chi connectivity index (χ3n) is 1.32. The molecule has 15 heavy (non-hydrogen) atoms. The van der Waals surface area contributed by atoms with Crippen molar-refractivity contribution < 1.29 is 14.3 Å². The van der Waals surface area contributed by atoms with Gasteiger partial charge in [0, 0.05) is 5.88 Å². The van der Waals surface area contributed by atoms with Crippen LogP contribution in [-0.4, -0.2) is 42.6 Å². The summed E-state index contributed by atoms with van der Waals surface area (Å²) in [6.07, 6.45) is 0. The van der Waals surface area contributed by atoms with Crippen LogP contribution in [0.5, 0.6) is 0 Å². The number of rotatable bonds is 6. The van der Waals surface area contributed by atoms with E-state index in [2.05, 4.69) is 15.3 Å². The van der Waals surface area contributed by atoms with Gasteiger partial charge in [0.2, 0.25) is 0 Å². The topological polar surface area (TPSA) is 88.1 Å². The molecule has 0 saturated carbocycles. The van der Waals surface area contributed by atoms with Gasteiger partial charge in [-0.05, 0) is 6.92 Å². The Morgan fingerprint density at radius 3 is 2.67 bits per heavy atom. The molecule has 86 valence electrons. The zero-order valence-electron chi connectivity index (χ0n) is 8.23. The molecule has 2 amide bonds. The maximum Gasteiger partial charge on any atom is 0.340 e. The number of carbonyl (C=O) groups is 2. The molecule has 0 atom stereocenters. The molecule has 0 fully saturated rings. The number of ether oxygens (including phenoxy) is 1. The van der Waals surface area contributed by atoms with E-state index in [0.717, 1.165) is 0 Å². The molecule has 8 heteroatoms. The van der Waals surface area contributed by atoms with Crippen molar-refractivity contribution in [3.05, 3.63) is 4.91 Å². The Bertz CT molecular complexity index is 236. The Labute approximate surface area is 91.6 Å². The normalized spacial score (nSPS) is 9.20. The van der Waals surface area contributed by atoms with Crippen molar-refractivity contribution in [2.45, 2.75) is 6.92 Å². The highest BCUT2D eigenvalue weighted by molar-refractivity contribution is 6.18. The van der Waals surface area contributed by atoms with Crippen molar-refractivity contribution in [3.8, 4) is 0 Å². The summed E-state index contributed by atoms with van der Waals surface area (Å²) in [6.45, 7) is 1.55. The van der Waals surface area contributed by atoms with Gasteiger partial charge in [-0.15, -0.1) is 16.5 Å². The van der Waals surface area contributed by atoms with Gasteiger partial charge in [0.05, 0.1) is 18.4 Å². The summed E-state index contributed by atoms with van der Waals surface area (Å²) in [5.74, 6) is -0.499. The maximum atomic E-state index is 11.1. The molecule has 0 aromatic heterocycles. The number of nitrogens with one attached hydrogen (secondary N) is 1. The van der Waals surface area contributed by atoms with Crippen LogP contribution in [0.3, 0.4) is 0 Å². The van der Waals surface area contributed by atoms with Gasteiger partial charge in [-0.1, -0.05) is 0 Å². The SMILES string of the molecule is CCOC(=O)CNC(=O)N(CCCl)N=O. The van der Waals surface area contributed by atoms with E-state index in [1.807, 2.05) is 0 Å². The van der Waals surface area contributed by atoms with Crippen LogP contribution in [-0.2, 0) is 9.53 Å². The average Bonchev–Trinajstić information content (AvgIpc) is 2.23. The number of halogens is 1. The van der Waals surface area contributed by atoms with E-state index in [9.17, 15) is 14.5 Å². The number of nitroso groups, excluding NO2 is 1. The van der Waals surface area contributed by atoms with Gasteiger partial charge in [-0.3, -0.25) is 4.79 Å².